The van der Waals surface area contributed by atoms with Gasteiger partial charge in [-0.1, -0.05) is 32.4 Å². The van der Waals surface area contributed by atoms with Crippen LogP contribution in [0.3, 0.4) is 0 Å². The van der Waals surface area contributed by atoms with Gasteiger partial charge in [-0.25, -0.2) is 0 Å². The smallest absolute Gasteiger partial charge is 0.231 e. The Morgan fingerprint density at radius 1 is 1.17 bits per heavy atom. The Bertz CT molecular complexity index is 778. The normalized spacial score (nSPS) is 44.7. The van der Waals surface area contributed by atoms with Crippen molar-refractivity contribution in [2.24, 2.45) is 40.4 Å². The lowest BCUT2D eigenvalue weighted by Gasteiger charge is -2.60. The molecule has 160 valence electrons. The third kappa shape index (κ3) is 3.13. The molecule has 2 N–H and O–H groups in total. The highest BCUT2D eigenvalue weighted by atomic mass is 16.2. The summed E-state index contributed by atoms with van der Waals surface area (Å²) in [5, 5.41) is 11.7. The van der Waals surface area contributed by atoms with Gasteiger partial charge in [0.05, 0.1) is 5.71 Å². The molecule has 4 fully saturated rings. The third-order valence-corrected chi connectivity index (χ3v) is 8.96. The second-order valence-electron chi connectivity index (χ2n) is 12.0. The first-order valence-electron chi connectivity index (χ1n) is 11.5. The Hall–Kier alpha value is -1.45. The van der Waals surface area contributed by atoms with Crippen molar-refractivity contribution in [3.05, 3.63) is 12.2 Å². The lowest BCUT2D eigenvalue weighted by molar-refractivity contribution is -0.139. The van der Waals surface area contributed by atoms with E-state index in [1.807, 2.05) is 20.8 Å². The summed E-state index contributed by atoms with van der Waals surface area (Å²) < 4.78 is 0. The van der Waals surface area contributed by atoms with Crippen LogP contribution in [0, 0.1) is 45.8 Å². The third-order valence-electron chi connectivity index (χ3n) is 8.96. The molecular formula is C25H38N2O2. The van der Waals surface area contributed by atoms with Gasteiger partial charge in [0.1, 0.15) is 5.92 Å². The molecular weight excluding hydrogens is 360 g/mol. The minimum absolute atomic E-state index is 0.135. The lowest BCUT2D eigenvalue weighted by atomic mass is 9.43. The number of allylic oxidation sites excluding steroid dienone is 1. The van der Waals surface area contributed by atoms with Crippen molar-refractivity contribution in [2.75, 3.05) is 0 Å². The highest BCUT2D eigenvalue weighted by Gasteiger charge is 2.62. The molecule has 29 heavy (non-hydrogen) atoms. The fourth-order valence-electron chi connectivity index (χ4n) is 7.82. The molecule has 4 aliphatic carbocycles. The Labute approximate surface area is 175 Å². The maximum atomic E-state index is 13.1. The van der Waals surface area contributed by atoms with E-state index in [1.165, 1.54) is 25.7 Å². The van der Waals surface area contributed by atoms with Gasteiger partial charge < -0.3 is 10.7 Å². The zero-order chi connectivity index (χ0) is 21.4. The van der Waals surface area contributed by atoms with E-state index >= 15 is 0 Å². The molecule has 4 nitrogen and oxygen atoms in total. The number of carbonyl (C=O) groups is 2. The standard InChI is InChI=1S/C25H38N2O2/c1-14-12-15-17-8-7-10-24(17,5)11-9-18(15)25(6)13-16(21(28)20(26)19(14)25)22(29)27-23(2,3)4/h15-19,26H,1,7-13H2,2-6H3,(H,27,29)/t15-,16?,17-,18+,19?,24-,25+/m0/s1. The lowest BCUT2D eigenvalue weighted by Crippen LogP contribution is -2.60. The van der Waals surface area contributed by atoms with Crippen LogP contribution in [0.15, 0.2) is 12.2 Å². The van der Waals surface area contributed by atoms with Gasteiger partial charge >= 0.3 is 0 Å². The number of nitrogens with one attached hydrogen (secondary N) is 2. The largest absolute Gasteiger partial charge is 0.351 e. The second kappa shape index (κ2) is 6.52. The summed E-state index contributed by atoms with van der Waals surface area (Å²) in [5.41, 5.74) is 1.06. The summed E-state index contributed by atoms with van der Waals surface area (Å²) in [4.78, 5) is 26.1. The molecule has 0 aromatic rings. The van der Waals surface area contributed by atoms with Gasteiger partial charge in [-0.3, -0.25) is 9.59 Å². The molecule has 0 aromatic carbocycles. The van der Waals surface area contributed by atoms with Crippen LogP contribution in [-0.4, -0.2) is 22.9 Å². The number of ketones is 1. The Morgan fingerprint density at radius 3 is 2.52 bits per heavy atom. The monoisotopic (exact) mass is 398 g/mol. The molecule has 0 aliphatic heterocycles. The molecule has 4 rings (SSSR count). The van der Waals surface area contributed by atoms with Crippen LogP contribution < -0.4 is 5.32 Å². The number of amides is 1. The van der Waals surface area contributed by atoms with Gasteiger partial charge in [0, 0.05) is 11.5 Å². The van der Waals surface area contributed by atoms with Crippen molar-refractivity contribution in [3.8, 4) is 0 Å². The van der Waals surface area contributed by atoms with Gasteiger partial charge in [0.25, 0.3) is 0 Å². The van der Waals surface area contributed by atoms with Crippen molar-refractivity contribution in [2.45, 2.75) is 85.1 Å². The van der Waals surface area contributed by atoms with E-state index in [9.17, 15) is 9.59 Å². The van der Waals surface area contributed by atoms with Crippen LogP contribution in [0.4, 0.5) is 0 Å². The number of hydrogen-bond donors (Lipinski definition) is 2. The van der Waals surface area contributed by atoms with Crippen molar-refractivity contribution >= 4 is 17.4 Å². The zero-order valence-electron chi connectivity index (χ0n) is 18.9. The number of hydrogen-bond acceptors (Lipinski definition) is 3. The van der Waals surface area contributed by atoms with Crippen LogP contribution >= 0.6 is 0 Å². The van der Waals surface area contributed by atoms with Crippen LogP contribution in [0.25, 0.3) is 0 Å². The SMILES string of the molecule is C=C1C[C@@H]2[C@@H](CC[C@]3(C)CCC[C@@H]23)[C@@]2(C)CC(C(=O)NC(C)(C)C)C(=O)C(=N)C12. The number of fused-ring (bicyclic) bond motifs is 5. The molecule has 0 spiro atoms. The van der Waals surface area contributed by atoms with Crippen molar-refractivity contribution in [1.82, 2.24) is 5.32 Å². The fraction of sp³-hybridized carbons (Fsp3) is 0.800. The molecule has 0 aromatic heterocycles. The van der Waals surface area contributed by atoms with Crippen LogP contribution in [-0.2, 0) is 9.59 Å². The number of carbonyl (C=O) groups excluding carboxylic acids is 2. The highest BCUT2D eigenvalue weighted by Crippen LogP contribution is 2.66. The van der Waals surface area contributed by atoms with E-state index in [1.54, 1.807) is 0 Å². The van der Waals surface area contributed by atoms with Gasteiger partial charge in [0.2, 0.25) is 5.91 Å². The Kier molecular flexibility index (Phi) is 4.68. The maximum absolute atomic E-state index is 13.1. The highest BCUT2D eigenvalue weighted by molar-refractivity contribution is 6.44. The topological polar surface area (TPSA) is 70.0 Å². The molecule has 0 heterocycles. The molecule has 1 amide bonds. The van der Waals surface area contributed by atoms with Crippen molar-refractivity contribution < 1.29 is 9.59 Å². The summed E-state index contributed by atoms with van der Waals surface area (Å²) in [6, 6.07) is 0. The Morgan fingerprint density at radius 2 is 1.86 bits per heavy atom. The van der Waals surface area contributed by atoms with Gasteiger partial charge in [0.15, 0.2) is 5.78 Å². The van der Waals surface area contributed by atoms with Crippen LogP contribution in [0.1, 0.15) is 79.6 Å². The van der Waals surface area contributed by atoms with Gasteiger partial charge in [-0.2, -0.15) is 0 Å². The molecule has 0 bridgehead atoms. The second-order valence-corrected chi connectivity index (χ2v) is 12.0. The minimum atomic E-state index is -0.730. The predicted octanol–water partition coefficient (Wildman–Crippen LogP) is 4.92. The van der Waals surface area contributed by atoms with E-state index in [-0.39, 0.29) is 34.3 Å². The molecule has 4 saturated carbocycles. The van der Waals surface area contributed by atoms with E-state index < -0.39 is 5.92 Å². The van der Waals surface area contributed by atoms with Crippen molar-refractivity contribution in [3.63, 3.8) is 0 Å². The number of Topliss-reactive ketones (excluding diaryl/α,β-unsaturated/α-hetero) is 1. The average Bonchev–Trinajstić information content (AvgIpc) is 2.98. The van der Waals surface area contributed by atoms with Crippen molar-refractivity contribution in [1.29, 1.82) is 5.41 Å². The molecule has 7 atom stereocenters. The molecule has 0 radical (unpaired) electrons. The summed E-state index contributed by atoms with van der Waals surface area (Å²) in [6.45, 7) is 14.9. The van der Waals surface area contributed by atoms with Gasteiger partial charge in [-0.05, 0) is 87.9 Å². The predicted molar refractivity (Wildman–Crippen MR) is 116 cm³/mol. The summed E-state index contributed by atoms with van der Waals surface area (Å²) in [5.74, 6) is 0.401. The molecule has 4 aliphatic rings. The van der Waals surface area contributed by atoms with Crippen LogP contribution in [0.2, 0.25) is 0 Å². The van der Waals surface area contributed by atoms with E-state index in [0.29, 0.717) is 23.7 Å². The quantitative estimate of drug-likeness (QED) is 0.486. The van der Waals surface area contributed by atoms with Crippen LogP contribution in [0.5, 0.6) is 0 Å². The summed E-state index contributed by atoms with van der Waals surface area (Å²) >= 11 is 0. The first kappa shape index (κ1) is 20.8. The van der Waals surface area contributed by atoms with Gasteiger partial charge in [-0.15, -0.1) is 0 Å². The summed E-state index contributed by atoms with van der Waals surface area (Å²) in [7, 11) is 0. The first-order valence-corrected chi connectivity index (χ1v) is 11.5. The maximum Gasteiger partial charge on any atom is 0.231 e. The molecule has 2 unspecified atom stereocenters. The van der Waals surface area contributed by atoms with E-state index in [2.05, 4.69) is 25.7 Å². The minimum Gasteiger partial charge on any atom is -0.351 e. The number of rotatable bonds is 1. The van der Waals surface area contributed by atoms with E-state index in [4.69, 9.17) is 5.41 Å². The Balaban J connectivity index is 1.69. The van der Waals surface area contributed by atoms with E-state index in [0.717, 1.165) is 24.3 Å². The average molecular weight is 399 g/mol. The first-order chi connectivity index (χ1) is 13.4. The molecule has 0 saturated heterocycles. The fourth-order valence-corrected chi connectivity index (χ4v) is 7.82. The zero-order valence-corrected chi connectivity index (χ0v) is 18.9. The molecule has 4 heteroatoms. The summed E-state index contributed by atoms with van der Waals surface area (Å²) in [6.07, 6.45) is 7.88.